The molecular formula is C22H21FN2O4. The van der Waals surface area contributed by atoms with Gasteiger partial charge in [0.25, 0.3) is 11.8 Å². The average Bonchev–Trinajstić information content (AvgIpc) is 3.24. The summed E-state index contributed by atoms with van der Waals surface area (Å²) < 4.78 is 24.1. The summed E-state index contributed by atoms with van der Waals surface area (Å²) in [5.74, 6) is -0.842. The lowest BCUT2D eigenvalue weighted by molar-refractivity contribution is 0.0993. The van der Waals surface area contributed by atoms with E-state index in [1.165, 1.54) is 24.5 Å². The third kappa shape index (κ3) is 5.01. The first-order chi connectivity index (χ1) is 14.0. The highest BCUT2D eigenvalue weighted by Gasteiger charge is 2.15. The molecule has 2 amide bonds. The van der Waals surface area contributed by atoms with E-state index in [1.54, 1.807) is 30.3 Å². The topological polar surface area (TPSA) is 80.6 Å². The molecule has 0 radical (unpaired) electrons. The molecular weight excluding hydrogens is 375 g/mol. The van der Waals surface area contributed by atoms with E-state index in [9.17, 15) is 14.0 Å². The zero-order valence-corrected chi connectivity index (χ0v) is 16.1. The molecule has 0 saturated carbocycles. The summed E-state index contributed by atoms with van der Waals surface area (Å²) >= 11 is 0. The van der Waals surface area contributed by atoms with Crippen molar-refractivity contribution >= 4 is 23.2 Å². The van der Waals surface area contributed by atoms with Gasteiger partial charge in [-0.05, 0) is 55.3 Å². The monoisotopic (exact) mass is 396 g/mol. The number of aryl methyl sites for hydroxylation is 1. The predicted molar refractivity (Wildman–Crippen MR) is 108 cm³/mol. The van der Waals surface area contributed by atoms with Gasteiger partial charge in [-0.25, -0.2) is 4.39 Å². The summed E-state index contributed by atoms with van der Waals surface area (Å²) in [6.07, 6.45) is 2.16. The maximum atomic E-state index is 13.5. The van der Waals surface area contributed by atoms with Gasteiger partial charge in [0.2, 0.25) is 0 Å². The van der Waals surface area contributed by atoms with Crippen molar-refractivity contribution in [2.45, 2.75) is 20.3 Å². The van der Waals surface area contributed by atoms with Gasteiger partial charge in [-0.1, -0.05) is 13.0 Å². The van der Waals surface area contributed by atoms with Crippen molar-refractivity contribution in [2.24, 2.45) is 0 Å². The standard InChI is InChI=1S/C22H21FN2O4/c1-3-10-28-20-13-16(23)8-9-17(20)24-21(26)15-7-6-14(2)18(12-15)25-22(27)19-5-4-11-29-19/h4-9,11-13H,3,10H2,1-2H3,(H,24,26)(H,25,27). The minimum absolute atomic E-state index is 0.170. The molecule has 6 nitrogen and oxygen atoms in total. The molecule has 0 atom stereocenters. The van der Waals surface area contributed by atoms with E-state index >= 15 is 0 Å². The van der Waals surface area contributed by atoms with Gasteiger partial charge in [0.15, 0.2) is 5.76 Å². The number of carbonyl (C=O) groups is 2. The van der Waals surface area contributed by atoms with Crippen molar-refractivity contribution in [2.75, 3.05) is 17.2 Å². The average molecular weight is 396 g/mol. The zero-order valence-electron chi connectivity index (χ0n) is 16.1. The van der Waals surface area contributed by atoms with Crippen LogP contribution < -0.4 is 15.4 Å². The zero-order chi connectivity index (χ0) is 20.8. The van der Waals surface area contributed by atoms with E-state index in [-0.39, 0.29) is 11.5 Å². The Morgan fingerprint density at radius 2 is 1.83 bits per heavy atom. The van der Waals surface area contributed by atoms with E-state index in [1.807, 2.05) is 13.8 Å². The molecule has 1 aromatic heterocycles. The highest BCUT2D eigenvalue weighted by atomic mass is 19.1. The second-order valence-electron chi connectivity index (χ2n) is 6.40. The smallest absolute Gasteiger partial charge is 0.291 e. The van der Waals surface area contributed by atoms with Crippen LogP contribution >= 0.6 is 0 Å². The first kappa shape index (κ1) is 20.1. The fraction of sp³-hybridized carbons (Fsp3) is 0.182. The quantitative estimate of drug-likeness (QED) is 0.588. The number of halogens is 1. The lowest BCUT2D eigenvalue weighted by Gasteiger charge is -2.13. The molecule has 0 aliphatic heterocycles. The van der Waals surface area contributed by atoms with Gasteiger partial charge >= 0.3 is 0 Å². The van der Waals surface area contributed by atoms with Crippen LogP contribution in [0.4, 0.5) is 15.8 Å². The molecule has 0 aliphatic carbocycles. The van der Waals surface area contributed by atoms with Crippen LogP contribution in [-0.4, -0.2) is 18.4 Å². The first-order valence-corrected chi connectivity index (χ1v) is 9.17. The number of furan rings is 1. The van der Waals surface area contributed by atoms with Gasteiger partial charge in [0.1, 0.15) is 11.6 Å². The number of hydrogen-bond acceptors (Lipinski definition) is 4. The van der Waals surface area contributed by atoms with Gasteiger partial charge in [-0.15, -0.1) is 0 Å². The molecule has 1 heterocycles. The number of hydrogen-bond donors (Lipinski definition) is 2. The summed E-state index contributed by atoms with van der Waals surface area (Å²) in [6, 6.07) is 12.0. The number of ether oxygens (including phenoxy) is 1. The Bertz CT molecular complexity index is 1020. The SMILES string of the molecule is CCCOc1cc(F)ccc1NC(=O)c1ccc(C)c(NC(=O)c2ccco2)c1. The Kier molecular flexibility index (Phi) is 6.29. The van der Waals surface area contributed by atoms with Crippen molar-refractivity contribution in [1.29, 1.82) is 0 Å². The molecule has 3 rings (SSSR count). The third-order valence-electron chi connectivity index (χ3n) is 4.15. The molecule has 2 N–H and O–H groups in total. The Labute approximate surface area is 167 Å². The summed E-state index contributed by atoms with van der Waals surface area (Å²) in [7, 11) is 0. The largest absolute Gasteiger partial charge is 0.491 e. The Morgan fingerprint density at radius 3 is 2.55 bits per heavy atom. The van der Waals surface area contributed by atoms with Gasteiger partial charge in [0.05, 0.1) is 18.6 Å². The number of carbonyl (C=O) groups excluding carboxylic acids is 2. The summed E-state index contributed by atoms with van der Waals surface area (Å²) in [5, 5.41) is 5.46. The van der Waals surface area contributed by atoms with E-state index < -0.39 is 17.6 Å². The van der Waals surface area contributed by atoms with Gasteiger partial charge < -0.3 is 19.8 Å². The molecule has 0 saturated heterocycles. The van der Waals surface area contributed by atoms with Gasteiger partial charge in [-0.2, -0.15) is 0 Å². The summed E-state index contributed by atoms with van der Waals surface area (Å²) in [5.41, 5.74) is 1.97. The summed E-state index contributed by atoms with van der Waals surface area (Å²) in [4.78, 5) is 24.9. The van der Waals surface area contributed by atoms with E-state index in [2.05, 4.69) is 10.6 Å². The van der Waals surface area contributed by atoms with E-state index in [0.717, 1.165) is 12.0 Å². The van der Waals surface area contributed by atoms with Crippen LogP contribution in [0.5, 0.6) is 5.75 Å². The van der Waals surface area contributed by atoms with Crippen molar-refractivity contribution in [1.82, 2.24) is 0 Å². The Hall–Kier alpha value is -3.61. The Morgan fingerprint density at radius 1 is 1.03 bits per heavy atom. The van der Waals surface area contributed by atoms with Crippen LogP contribution in [-0.2, 0) is 0 Å². The number of amides is 2. The highest BCUT2D eigenvalue weighted by molar-refractivity contribution is 6.07. The normalized spacial score (nSPS) is 10.4. The molecule has 7 heteroatoms. The lowest BCUT2D eigenvalue weighted by Crippen LogP contribution is -2.16. The molecule has 0 spiro atoms. The number of nitrogens with one attached hydrogen (secondary N) is 2. The molecule has 0 bridgehead atoms. The van der Waals surface area contributed by atoms with Crippen molar-refractivity contribution in [3.05, 3.63) is 77.5 Å². The van der Waals surface area contributed by atoms with Crippen molar-refractivity contribution < 1.29 is 23.1 Å². The van der Waals surface area contributed by atoms with Crippen molar-refractivity contribution in [3.63, 3.8) is 0 Å². The fourth-order valence-corrected chi connectivity index (χ4v) is 2.61. The van der Waals surface area contributed by atoms with Crippen LogP contribution in [0.1, 0.15) is 39.8 Å². The van der Waals surface area contributed by atoms with Crippen LogP contribution in [0.25, 0.3) is 0 Å². The second-order valence-corrected chi connectivity index (χ2v) is 6.40. The molecule has 3 aromatic rings. The summed E-state index contributed by atoms with van der Waals surface area (Å²) in [6.45, 7) is 4.15. The molecule has 2 aromatic carbocycles. The van der Waals surface area contributed by atoms with E-state index in [0.29, 0.717) is 23.5 Å². The maximum Gasteiger partial charge on any atom is 0.291 e. The molecule has 0 unspecified atom stereocenters. The maximum absolute atomic E-state index is 13.5. The minimum atomic E-state index is -0.452. The Balaban J connectivity index is 1.79. The molecule has 0 aliphatic rings. The minimum Gasteiger partial charge on any atom is -0.491 e. The predicted octanol–water partition coefficient (Wildman–Crippen LogP) is 5.02. The van der Waals surface area contributed by atoms with Gasteiger partial charge in [0, 0.05) is 17.3 Å². The first-order valence-electron chi connectivity index (χ1n) is 9.17. The number of benzene rings is 2. The second kappa shape index (κ2) is 9.05. The lowest BCUT2D eigenvalue weighted by atomic mass is 10.1. The number of rotatable bonds is 7. The fourth-order valence-electron chi connectivity index (χ4n) is 2.61. The van der Waals surface area contributed by atoms with E-state index in [4.69, 9.17) is 9.15 Å². The molecule has 0 fully saturated rings. The van der Waals surface area contributed by atoms with Crippen molar-refractivity contribution in [3.8, 4) is 5.75 Å². The van der Waals surface area contributed by atoms with Crippen LogP contribution in [0, 0.1) is 12.7 Å². The van der Waals surface area contributed by atoms with Gasteiger partial charge in [-0.3, -0.25) is 9.59 Å². The molecule has 150 valence electrons. The van der Waals surface area contributed by atoms with Crippen LogP contribution in [0.15, 0.2) is 59.2 Å². The van der Waals surface area contributed by atoms with Crippen LogP contribution in [0.2, 0.25) is 0 Å². The van der Waals surface area contributed by atoms with Crippen LogP contribution in [0.3, 0.4) is 0 Å². The third-order valence-corrected chi connectivity index (χ3v) is 4.15. The highest BCUT2D eigenvalue weighted by Crippen LogP contribution is 2.27. The number of anilines is 2. The molecule has 29 heavy (non-hydrogen) atoms.